The van der Waals surface area contributed by atoms with Gasteiger partial charge in [0.1, 0.15) is 10.8 Å². The van der Waals surface area contributed by atoms with Crippen LogP contribution in [0.1, 0.15) is 6.42 Å². The third-order valence-corrected chi connectivity index (χ3v) is 1.84. The summed E-state index contributed by atoms with van der Waals surface area (Å²) in [6.07, 6.45) is 1.58. The molecule has 1 amide bonds. The molecule has 0 aliphatic carbocycles. The third-order valence-electron chi connectivity index (χ3n) is 1.38. The van der Waals surface area contributed by atoms with E-state index in [0.29, 0.717) is 17.4 Å². The molecule has 0 saturated heterocycles. The number of hydrogen-bond acceptors (Lipinski definition) is 4. The van der Waals surface area contributed by atoms with Crippen molar-refractivity contribution < 1.29 is 4.79 Å². The Morgan fingerprint density at radius 2 is 2.29 bits per heavy atom. The van der Waals surface area contributed by atoms with E-state index in [0.717, 1.165) is 0 Å². The number of nitrogens with two attached hydrogens (primary N) is 1. The fourth-order valence-corrected chi connectivity index (χ4v) is 1.06. The van der Waals surface area contributed by atoms with Gasteiger partial charge in [0.15, 0.2) is 0 Å². The number of primary amides is 1. The molecule has 0 atom stereocenters. The second-order valence-electron chi connectivity index (χ2n) is 2.48. The van der Waals surface area contributed by atoms with Crippen LogP contribution in [-0.2, 0) is 4.79 Å². The zero-order chi connectivity index (χ0) is 10.6. The van der Waals surface area contributed by atoms with E-state index in [1.54, 1.807) is 0 Å². The van der Waals surface area contributed by atoms with Crippen LogP contribution in [0.15, 0.2) is 6.20 Å². The van der Waals surface area contributed by atoms with E-state index in [-0.39, 0.29) is 11.7 Å². The number of nitrogens with zero attached hydrogens (tertiary/aromatic N) is 2. The van der Waals surface area contributed by atoms with Crippen molar-refractivity contribution in [3.8, 4) is 0 Å². The predicted molar refractivity (Wildman–Crippen MR) is 54.4 cm³/mol. The Labute approximate surface area is 90.6 Å². The monoisotopic (exact) mass is 234 g/mol. The van der Waals surface area contributed by atoms with Crippen molar-refractivity contribution in [2.45, 2.75) is 6.42 Å². The molecule has 76 valence electrons. The van der Waals surface area contributed by atoms with Crippen molar-refractivity contribution in [1.82, 2.24) is 9.97 Å². The smallest absolute Gasteiger partial charge is 0.224 e. The minimum absolute atomic E-state index is 0.0935. The Kier molecular flexibility index (Phi) is 3.91. The van der Waals surface area contributed by atoms with Gasteiger partial charge >= 0.3 is 0 Å². The van der Waals surface area contributed by atoms with Gasteiger partial charge in [-0.2, -0.15) is 4.98 Å². The zero-order valence-corrected chi connectivity index (χ0v) is 8.64. The van der Waals surface area contributed by atoms with Crippen molar-refractivity contribution in [2.75, 3.05) is 11.9 Å². The Hall–Kier alpha value is -1.07. The van der Waals surface area contributed by atoms with E-state index in [1.807, 2.05) is 0 Å². The van der Waals surface area contributed by atoms with E-state index >= 15 is 0 Å². The number of amides is 1. The molecule has 0 aliphatic rings. The number of carbonyl (C=O) groups is 1. The van der Waals surface area contributed by atoms with Crippen LogP contribution in [0, 0.1) is 0 Å². The second kappa shape index (κ2) is 4.97. The molecular weight excluding hydrogens is 227 g/mol. The summed E-state index contributed by atoms with van der Waals surface area (Å²) < 4.78 is 0. The van der Waals surface area contributed by atoms with Gasteiger partial charge in [0, 0.05) is 13.0 Å². The van der Waals surface area contributed by atoms with Gasteiger partial charge in [0.2, 0.25) is 11.2 Å². The molecule has 0 unspecified atom stereocenters. The summed E-state index contributed by atoms with van der Waals surface area (Å²) in [5, 5.41) is 3.26. The molecule has 14 heavy (non-hydrogen) atoms. The Morgan fingerprint density at radius 3 is 2.93 bits per heavy atom. The van der Waals surface area contributed by atoms with Crippen LogP contribution in [0.2, 0.25) is 10.3 Å². The SMILES string of the molecule is NC(=O)CCNc1nc(Cl)ncc1Cl. The fraction of sp³-hybridized carbons (Fsp3) is 0.286. The van der Waals surface area contributed by atoms with Crippen molar-refractivity contribution >= 4 is 34.9 Å². The molecule has 7 heteroatoms. The van der Waals surface area contributed by atoms with Crippen LogP contribution in [0.25, 0.3) is 0 Å². The predicted octanol–water partition coefficient (Wildman–Crippen LogP) is 1.07. The summed E-state index contributed by atoms with van der Waals surface area (Å²) in [5.41, 5.74) is 4.95. The van der Waals surface area contributed by atoms with Gasteiger partial charge < -0.3 is 11.1 Å². The molecule has 1 aromatic heterocycles. The lowest BCUT2D eigenvalue weighted by Gasteiger charge is -2.05. The number of aromatic nitrogens is 2. The van der Waals surface area contributed by atoms with Crippen LogP contribution < -0.4 is 11.1 Å². The molecule has 0 saturated carbocycles. The lowest BCUT2D eigenvalue weighted by atomic mass is 10.4. The zero-order valence-electron chi connectivity index (χ0n) is 7.13. The fourth-order valence-electron chi connectivity index (χ4n) is 0.774. The van der Waals surface area contributed by atoms with Gasteiger partial charge in [0.25, 0.3) is 0 Å². The van der Waals surface area contributed by atoms with Crippen LogP contribution in [0.5, 0.6) is 0 Å². The lowest BCUT2D eigenvalue weighted by molar-refractivity contribution is -0.117. The Bertz CT molecular complexity index is 344. The topological polar surface area (TPSA) is 80.9 Å². The standard InChI is InChI=1S/C7H8Cl2N4O/c8-4-3-12-7(9)13-6(4)11-2-1-5(10)14/h3H,1-2H2,(H2,10,14)(H,11,12,13). The van der Waals surface area contributed by atoms with Crippen molar-refractivity contribution in [1.29, 1.82) is 0 Å². The first kappa shape index (κ1) is 11.0. The maximum absolute atomic E-state index is 10.4. The first-order chi connectivity index (χ1) is 6.59. The van der Waals surface area contributed by atoms with E-state index < -0.39 is 5.91 Å². The molecule has 0 bridgehead atoms. The first-order valence-corrected chi connectivity index (χ1v) is 4.55. The van der Waals surface area contributed by atoms with Crippen molar-refractivity contribution in [3.63, 3.8) is 0 Å². The summed E-state index contributed by atoms with van der Waals surface area (Å²) >= 11 is 11.3. The summed E-state index contributed by atoms with van der Waals surface area (Å²) in [6.45, 7) is 0.363. The number of carbonyl (C=O) groups excluding carboxylic acids is 1. The molecule has 3 N–H and O–H groups in total. The summed E-state index contributed by atoms with van der Waals surface area (Å²) in [7, 11) is 0. The number of rotatable bonds is 4. The van der Waals surface area contributed by atoms with Crippen molar-refractivity contribution in [2.24, 2.45) is 5.73 Å². The normalized spacial score (nSPS) is 9.86. The molecule has 1 aromatic rings. The lowest BCUT2D eigenvalue weighted by Crippen LogP contribution is -2.16. The second-order valence-corrected chi connectivity index (χ2v) is 3.22. The molecule has 5 nitrogen and oxygen atoms in total. The van der Waals surface area contributed by atoms with Crippen LogP contribution >= 0.6 is 23.2 Å². The van der Waals surface area contributed by atoms with Crippen molar-refractivity contribution in [3.05, 3.63) is 16.5 Å². The quantitative estimate of drug-likeness (QED) is 0.765. The Morgan fingerprint density at radius 1 is 1.57 bits per heavy atom. The Balaban J connectivity index is 2.57. The highest BCUT2D eigenvalue weighted by atomic mass is 35.5. The van der Waals surface area contributed by atoms with Gasteiger partial charge in [-0.15, -0.1) is 0 Å². The van der Waals surface area contributed by atoms with E-state index in [9.17, 15) is 4.79 Å². The average Bonchev–Trinajstić information content (AvgIpc) is 2.10. The number of anilines is 1. The van der Waals surface area contributed by atoms with E-state index in [1.165, 1.54) is 6.20 Å². The van der Waals surface area contributed by atoms with Crippen LogP contribution in [-0.4, -0.2) is 22.4 Å². The molecule has 0 spiro atoms. The van der Waals surface area contributed by atoms with Crippen LogP contribution in [0.3, 0.4) is 0 Å². The molecule has 0 radical (unpaired) electrons. The highest BCUT2D eigenvalue weighted by Gasteiger charge is 2.03. The van der Waals surface area contributed by atoms with E-state index in [4.69, 9.17) is 28.9 Å². The molecule has 1 rings (SSSR count). The maximum Gasteiger partial charge on any atom is 0.224 e. The van der Waals surface area contributed by atoms with Gasteiger partial charge in [-0.05, 0) is 11.6 Å². The molecule has 0 fully saturated rings. The van der Waals surface area contributed by atoms with E-state index in [2.05, 4.69) is 15.3 Å². The largest absolute Gasteiger partial charge is 0.370 e. The molecule has 0 aromatic carbocycles. The highest BCUT2D eigenvalue weighted by Crippen LogP contribution is 2.18. The van der Waals surface area contributed by atoms with Gasteiger partial charge in [-0.3, -0.25) is 4.79 Å². The van der Waals surface area contributed by atoms with Crippen LogP contribution in [0.4, 0.5) is 5.82 Å². The summed E-state index contributed by atoms with van der Waals surface area (Å²) in [5.74, 6) is 0.00157. The van der Waals surface area contributed by atoms with Gasteiger partial charge in [0.05, 0.1) is 6.20 Å². The number of hydrogen-bond donors (Lipinski definition) is 2. The summed E-state index contributed by atoms with van der Waals surface area (Å²) in [4.78, 5) is 17.9. The van der Waals surface area contributed by atoms with Gasteiger partial charge in [-0.1, -0.05) is 11.6 Å². The highest BCUT2D eigenvalue weighted by molar-refractivity contribution is 6.33. The number of halogens is 2. The minimum Gasteiger partial charge on any atom is -0.370 e. The minimum atomic E-state index is -0.395. The third kappa shape index (κ3) is 3.35. The molecular formula is C7H8Cl2N4O. The summed E-state index contributed by atoms with van der Waals surface area (Å²) in [6, 6.07) is 0. The maximum atomic E-state index is 10.4. The average molecular weight is 235 g/mol. The number of nitrogens with one attached hydrogen (secondary N) is 1. The molecule has 1 heterocycles. The van der Waals surface area contributed by atoms with Gasteiger partial charge in [-0.25, -0.2) is 4.98 Å². The molecule has 0 aliphatic heterocycles. The first-order valence-electron chi connectivity index (χ1n) is 3.80.